The van der Waals surface area contributed by atoms with E-state index in [1.807, 2.05) is 13.8 Å². The number of rotatable bonds is 12. The monoisotopic (exact) mass is 571 g/mol. The van der Waals surface area contributed by atoms with Gasteiger partial charge in [0.1, 0.15) is 18.3 Å². The molecule has 0 heterocycles. The predicted molar refractivity (Wildman–Crippen MR) is 153 cm³/mol. The van der Waals surface area contributed by atoms with Crippen molar-refractivity contribution < 1.29 is 22.7 Å². The van der Waals surface area contributed by atoms with Crippen LogP contribution in [0.1, 0.15) is 32.8 Å². The van der Waals surface area contributed by atoms with Crippen molar-refractivity contribution in [1.82, 2.24) is 10.2 Å². The molecule has 0 spiro atoms. The maximum atomic E-state index is 13.9. The van der Waals surface area contributed by atoms with Crippen LogP contribution < -0.4 is 14.4 Å². The number of carbonyl (C=O) groups excluding carboxylic acids is 2. The molecule has 0 aliphatic rings. The van der Waals surface area contributed by atoms with Gasteiger partial charge in [-0.3, -0.25) is 13.9 Å². The number of sulfonamides is 1. The zero-order valence-corrected chi connectivity index (χ0v) is 24.1. The van der Waals surface area contributed by atoms with E-state index in [1.54, 1.807) is 73.7 Å². The normalized spacial score (nSPS) is 12.7. The van der Waals surface area contributed by atoms with Crippen LogP contribution in [0, 0.1) is 0 Å². The Morgan fingerprint density at radius 1 is 0.974 bits per heavy atom. The molecule has 39 heavy (non-hydrogen) atoms. The Labute approximate surface area is 235 Å². The van der Waals surface area contributed by atoms with Crippen LogP contribution in [0.2, 0.25) is 5.02 Å². The topological polar surface area (TPSA) is 96.0 Å². The molecular weight excluding hydrogens is 538 g/mol. The number of halogens is 1. The fourth-order valence-electron chi connectivity index (χ4n) is 3.88. The minimum absolute atomic E-state index is 0.00362. The highest BCUT2D eigenvalue weighted by Crippen LogP contribution is 2.26. The third-order valence-corrected chi connectivity index (χ3v) is 8.40. The van der Waals surface area contributed by atoms with E-state index in [4.69, 9.17) is 16.3 Å². The fraction of sp³-hybridized carbons (Fsp3) is 0.310. The SMILES string of the molecule is CCC(C)NC(=O)C(C)N(Cc1cccc(Cl)c1)C(=O)CN(c1ccccc1)S(=O)(=O)c1ccc(OC)cc1. The lowest BCUT2D eigenvalue weighted by atomic mass is 10.1. The lowest BCUT2D eigenvalue weighted by Gasteiger charge is -2.32. The van der Waals surface area contributed by atoms with Gasteiger partial charge in [-0.25, -0.2) is 8.42 Å². The summed E-state index contributed by atoms with van der Waals surface area (Å²) in [6.45, 7) is 5.02. The van der Waals surface area contributed by atoms with Crippen molar-refractivity contribution >= 4 is 39.1 Å². The standard InChI is InChI=1S/C29H34ClN3O5S/c1-5-21(2)31-29(35)22(3)32(19-23-10-9-11-24(30)18-23)28(34)20-33(25-12-7-6-8-13-25)39(36,37)27-16-14-26(38-4)15-17-27/h6-18,21-22H,5,19-20H2,1-4H3,(H,31,35). The Morgan fingerprint density at radius 2 is 1.64 bits per heavy atom. The van der Waals surface area contributed by atoms with Crippen molar-refractivity contribution in [2.45, 2.75) is 50.7 Å². The molecule has 0 aliphatic carbocycles. The molecule has 8 nitrogen and oxygen atoms in total. The summed E-state index contributed by atoms with van der Waals surface area (Å²) in [6, 6.07) is 20.4. The third kappa shape index (κ3) is 7.74. The molecule has 1 N–H and O–H groups in total. The molecule has 0 bridgehead atoms. The molecule has 3 rings (SSSR count). The van der Waals surface area contributed by atoms with Gasteiger partial charge in [0.05, 0.1) is 17.7 Å². The highest BCUT2D eigenvalue weighted by atomic mass is 35.5. The van der Waals surface area contributed by atoms with Crippen molar-refractivity contribution in [2.24, 2.45) is 0 Å². The van der Waals surface area contributed by atoms with Gasteiger partial charge in [-0.15, -0.1) is 0 Å². The van der Waals surface area contributed by atoms with Gasteiger partial charge in [-0.1, -0.05) is 48.9 Å². The number of hydrogen-bond donors (Lipinski definition) is 1. The van der Waals surface area contributed by atoms with Gasteiger partial charge in [0.15, 0.2) is 0 Å². The van der Waals surface area contributed by atoms with Crippen LogP contribution in [0.25, 0.3) is 0 Å². The molecule has 208 valence electrons. The molecule has 0 aliphatic heterocycles. The molecule has 3 aromatic carbocycles. The van der Waals surface area contributed by atoms with Gasteiger partial charge in [-0.05, 0) is 74.4 Å². The second-order valence-corrected chi connectivity index (χ2v) is 11.5. The number of ether oxygens (including phenoxy) is 1. The van der Waals surface area contributed by atoms with E-state index < -0.39 is 28.5 Å². The Kier molecular flexibility index (Phi) is 10.4. The Balaban J connectivity index is 2.00. The number of nitrogens with one attached hydrogen (secondary N) is 1. The minimum Gasteiger partial charge on any atom is -0.497 e. The summed E-state index contributed by atoms with van der Waals surface area (Å²) >= 11 is 6.17. The van der Waals surface area contributed by atoms with E-state index >= 15 is 0 Å². The van der Waals surface area contributed by atoms with E-state index in [0.717, 1.165) is 10.7 Å². The van der Waals surface area contributed by atoms with Crippen LogP contribution in [-0.4, -0.2) is 50.9 Å². The molecule has 0 radical (unpaired) electrons. The van der Waals surface area contributed by atoms with Gasteiger partial charge >= 0.3 is 0 Å². The van der Waals surface area contributed by atoms with Crippen molar-refractivity contribution in [3.05, 3.63) is 89.4 Å². The summed E-state index contributed by atoms with van der Waals surface area (Å²) in [4.78, 5) is 28.3. The van der Waals surface area contributed by atoms with Crippen molar-refractivity contribution in [3.8, 4) is 5.75 Å². The number of para-hydroxylation sites is 1. The van der Waals surface area contributed by atoms with Gasteiger partial charge in [0.25, 0.3) is 10.0 Å². The molecule has 0 fully saturated rings. The highest BCUT2D eigenvalue weighted by molar-refractivity contribution is 7.92. The van der Waals surface area contributed by atoms with Crippen LogP contribution >= 0.6 is 11.6 Å². The van der Waals surface area contributed by atoms with Gasteiger partial charge in [0.2, 0.25) is 11.8 Å². The van der Waals surface area contributed by atoms with Gasteiger partial charge < -0.3 is 15.0 Å². The van der Waals surface area contributed by atoms with Crippen molar-refractivity contribution in [2.75, 3.05) is 18.0 Å². The second-order valence-electron chi connectivity index (χ2n) is 9.17. The summed E-state index contributed by atoms with van der Waals surface area (Å²) in [5, 5.41) is 3.40. The summed E-state index contributed by atoms with van der Waals surface area (Å²) in [5.74, 6) is -0.364. The van der Waals surface area contributed by atoms with Crippen molar-refractivity contribution in [1.29, 1.82) is 0 Å². The average molecular weight is 572 g/mol. The minimum atomic E-state index is -4.15. The summed E-state index contributed by atoms with van der Waals surface area (Å²) < 4.78 is 33.8. The summed E-state index contributed by atoms with van der Waals surface area (Å²) in [7, 11) is -2.66. The molecule has 2 atom stereocenters. The van der Waals surface area contributed by atoms with Crippen molar-refractivity contribution in [3.63, 3.8) is 0 Å². The number of nitrogens with zero attached hydrogens (tertiary/aromatic N) is 2. The number of carbonyl (C=O) groups is 2. The fourth-order valence-corrected chi connectivity index (χ4v) is 5.51. The zero-order chi connectivity index (χ0) is 28.6. The molecule has 2 unspecified atom stereocenters. The van der Waals surface area contributed by atoms with E-state index in [-0.39, 0.29) is 23.4 Å². The number of hydrogen-bond acceptors (Lipinski definition) is 5. The van der Waals surface area contributed by atoms with Crippen LogP contribution in [0.4, 0.5) is 5.69 Å². The Hall–Kier alpha value is -3.56. The molecule has 10 heteroatoms. The smallest absolute Gasteiger partial charge is 0.264 e. The number of methoxy groups -OCH3 is 1. The first-order valence-corrected chi connectivity index (χ1v) is 14.4. The maximum Gasteiger partial charge on any atom is 0.264 e. The molecule has 0 saturated heterocycles. The van der Waals surface area contributed by atoms with Crippen LogP contribution in [0.3, 0.4) is 0 Å². The number of amides is 2. The Morgan fingerprint density at radius 3 is 2.23 bits per heavy atom. The second kappa shape index (κ2) is 13.5. The molecule has 0 saturated carbocycles. The van der Waals surface area contributed by atoms with Gasteiger partial charge in [-0.2, -0.15) is 0 Å². The largest absolute Gasteiger partial charge is 0.497 e. The van der Waals surface area contributed by atoms with E-state index in [2.05, 4.69) is 5.32 Å². The van der Waals surface area contributed by atoms with Crippen LogP contribution in [0.5, 0.6) is 5.75 Å². The zero-order valence-electron chi connectivity index (χ0n) is 22.5. The Bertz CT molecular complexity index is 1370. The lowest BCUT2D eigenvalue weighted by Crippen LogP contribution is -2.52. The molecular formula is C29H34ClN3O5S. The van der Waals surface area contributed by atoms with E-state index in [9.17, 15) is 18.0 Å². The third-order valence-electron chi connectivity index (χ3n) is 6.38. The number of anilines is 1. The lowest BCUT2D eigenvalue weighted by molar-refractivity contribution is -0.139. The van der Waals surface area contributed by atoms with E-state index in [0.29, 0.717) is 22.0 Å². The average Bonchev–Trinajstić information content (AvgIpc) is 2.94. The summed E-state index contributed by atoms with van der Waals surface area (Å²) in [6.07, 6.45) is 0.725. The summed E-state index contributed by atoms with van der Waals surface area (Å²) in [5.41, 5.74) is 1.03. The quantitative estimate of drug-likeness (QED) is 0.334. The van der Waals surface area contributed by atoms with Crippen LogP contribution in [0.15, 0.2) is 83.8 Å². The number of benzene rings is 3. The first-order valence-electron chi connectivity index (χ1n) is 12.6. The predicted octanol–water partition coefficient (Wildman–Crippen LogP) is 4.88. The maximum absolute atomic E-state index is 13.9. The first-order chi connectivity index (χ1) is 18.6. The highest BCUT2D eigenvalue weighted by Gasteiger charge is 2.32. The van der Waals surface area contributed by atoms with Crippen LogP contribution in [-0.2, 0) is 26.2 Å². The molecule has 3 aromatic rings. The molecule has 0 aromatic heterocycles. The van der Waals surface area contributed by atoms with E-state index in [1.165, 1.54) is 24.1 Å². The first kappa shape index (κ1) is 30.0. The molecule has 2 amide bonds. The van der Waals surface area contributed by atoms with Gasteiger partial charge in [0, 0.05) is 17.6 Å².